The van der Waals surface area contributed by atoms with Gasteiger partial charge in [-0.3, -0.25) is 9.59 Å². The van der Waals surface area contributed by atoms with Gasteiger partial charge in [0, 0.05) is 25.2 Å². The molecule has 0 bridgehead atoms. The Morgan fingerprint density at radius 3 is 2.67 bits per heavy atom. The standard InChI is InChI=1S/C19H24N4O4/c1-13-20-15-4-3-14(11-16(15)21-13)17(24)23-7-10-27-19(2,12-23)18(25)22-5-8-26-9-6-22/h3-4,11H,5-10,12H2,1-2H3,(H,20,21)/t19-/m1/s1. The van der Waals surface area contributed by atoms with Crippen LogP contribution >= 0.6 is 0 Å². The molecule has 1 aromatic carbocycles. The Morgan fingerprint density at radius 1 is 1.15 bits per heavy atom. The highest BCUT2D eigenvalue weighted by molar-refractivity contribution is 5.98. The van der Waals surface area contributed by atoms with E-state index in [0.717, 1.165) is 16.9 Å². The van der Waals surface area contributed by atoms with Crippen LogP contribution in [0.3, 0.4) is 0 Å². The Kier molecular flexibility index (Phi) is 4.61. The molecule has 2 amide bonds. The average Bonchev–Trinajstić information content (AvgIpc) is 3.06. The lowest BCUT2D eigenvalue weighted by atomic mass is 10.0. The quantitative estimate of drug-likeness (QED) is 0.848. The van der Waals surface area contributed by atoms with Gasteiger partial charge in [0.2, 0.25) is 0 Å². The first kappa shape index (κ1) is 17.9. The van der Waals surface area contributed by atoms with Crippen LogP contribution in [0.15, 0.2) is 18.2 Å². The number of carbonyl (C=O) groups is 2. The highest BCUT2D eigenvalue weighted by Crippen LogP contribution is 2.23. The van der Waals surface area contributed by atoms with Gasteiger partial charge in [0.15, 0.2) is 5.60 Å². The Morgan fingerprint density at radius 2 is 1.89 bits per heavy atom. The highest BCUT2D eigenvalue weighted by atomic mass is 16.5. The summed E-state index contributed by atoms with van der Waals surface area (Å²) in [7, 11) is 0. The van der Waals surface area contributed by atoms with Crippen LogP contribution in [-0.2, 0) is 14.3 Å². The molecule has 4 rings (SSSR count). The maximum absolute atomic E-state index is 13.0. The fraction of sp³-hybridized carbons (Fsp3) is 0.526. The van der Waals surface area contributed by atoms with Crippen molar-refractivity contribution in [1.29, 1.82) is 0 Å². The minimum Gasteiger partial charge on any atom is -0.378 e. The summed E-state index contributed by atoms with van der Waals surface area (Å²) in [6, 6.07) is 5.43. The summed E-state index contributed by atoms with van der Waals surface area (Å²) in [4.78, 5) is 37.0. The van der Waals surface area contributed by atoms with Crippen molar-refractivity contribution in [2.45, 2.75) is 19.4 Å². The zero-order chi connectivity index (χ0) is 19.0. The van der Waals surface area contributed by atoms with Crippen LogP contribution in [0, 0.1) is 6.92 Å². The molecule has 8 nitrogen and oxygen atoms in total. The number of amides is 2. The summed E-state index contributed by atoms with van der Waals surface area (Å²) in [6.45, 7) is 6.87. The number of ether oxygens (including phenoxy) is 2. The van der Waals surface area contributed by atoms with Gasteiger partial charge in [-0.25, -0.2) is 4.98 Å². The van der Waals surface area contributed by atoms with Crippen LogP contribution in [0.2, 0.25) is 0 Å². The van der Waals surface area contributed by atoms with Crippen molar-refractivity contribution >= 4 is 22.8 Å². The average molecular weight is 372 g/mol. The number of aryl methyl sites for hydroxylation is 1. The molecule has 2 aliphatic heterocycles. The van der Waals surface area contributed by atoms with E-state index in [1.54, 1.807) is 22.8 Å². The van der Waals surface area contributed by atoms with Crippen LogP contribution < -0.4 is 0 Å². The number of fused-ring (bicyclic) bond motifs is 1. The van der Waals surface area contributed by atoms with E-state index in [1.165, 1.54) is 0 Å². The molecule has 1 aromatic heterocycles. The van der Waals surface area contributed by atoms with Gasteiger partial charge < -0.3 is 24.3 Å². The number of rotatable bonds is 2. The molecule has 8 heteroatoms. The summed E-state index contributed by atoms with van der Waals surface area (Å²) in [6.07, 6.45) is 0. The van der Waals surface area contributed by atoms with E-state index in [2.05, 4.69) is 9.97 Å². The predicted molar refractivity (Wildman–Crippen MR) is 98.5 cm³/mol. The van der Waals surface area contributed by atoms with Crippen molar-refractivity contribution in [3.8, 4) is 0 Å². The molecule has 27 heavy (non-hydrogen) atoms. The molecule has 144 valence electrons. The first-order valence-corrected chi connectivity index (χ1v) is 9.23. The number of hydrogen-bond donors (Lipinski definition) is 1. The molecule has 0 spiro atoms. The lowest BCUT2D eigenvalue weighted by Crippen LogP contribution is -2.61. The van der Waals surface area contributed by atoms with Gasteiger partial charge >= 0.3 is 0 Å². The van der Waals surface area contributed by atoms with Gasteiger partial charge in [0.1, 0.15) is 5.82 Å². The van der Waals surface area contributed by atoms with E-state index in [1.807, 2.05) is 19.1 Å². The zero-order valence-corrected chi connectivity index (χ0v) is 15.7. The number of aromatic nitrogens is 2. The Bertz CT molecular complexity index is 874. The van der Waals surface area contributed by atoms with Crippen LogP contribution in [0.5, 0.6) is 0 Å². The highest BCUT2D eigenvalue weighted by Gasteiger charge is 2.43. The fourth-order valence-electron chi connectivity index (χ4n) is 3.73. The summed E-state index contributed by atoms with van der Waals surface area (Å²) in [5.74, 6) is 0.626. The topological polar surface area (TPSA) is 87.8 Å². The molecule has 2 aliphatic rings. The second kappa shape index (κ2) is 6.94. The molecule has 0 aliphatic carbocycles. The normalized spacial score (nSPS) is 23.6. The van der Waals surface area contributed by atoms with Gasteiger partial charge in [-0.05, 0) is 32.0 Å². The number of benzene rings is 1. The van der Waals surface area contributed by atoms with Crippen molar-refractivity contribution in [1.82, 2.24) is 19.8 Å². The van der Waals surface area contributed by atoms with E-state index in [-0.39, 0.29) is 18.4 Å². The van der Waals surface area contributed by atoms with Crippen LogP contribution in [0.4, 0.5) is 0 Å². The monoisotopic (exact) mass is 372 g/mol. The largest absolute Gasteiger partial charge is 0.378 e. The zero-order valence-electron chi connectivity index (χ0n) is 15.7. The third-order valence-corrected chi connectivity index (χ3v) is 5.16. The number of morpholine rings is 2. The van der Waals surface area contributed by atoms with Gasteiger partial charge in [0.25, 0.3) is 11.8 Å². The number of carbonyl (C=O) groups excluding carboxylic acids is 2. The lowest BCUT2D eigenvalue weighted by molar-refractivity contribution is -0.168. The summed E-state index contributed by atoms with van der Waals surface area (Å²) in [5.41, 5.74) is 1.21. The van der Waals surface area contributed by atoms with Crippen LogP contribution in [0.25, 0.3) is 11.0 Å². The Hall–Kier alpha value is -2.45. The van der Waals surface area contributed by atoms with Gasteiger partial charge in [-0.15, -0.1) is 0 Å². The van der Waals surface area contributed by atoms with Crippen molar-refractivity contribution in [2.75, 3.05) is 46.0 Å². The Labute approximate surface area is 157 Å². The van der Waals surface area contributed by atoms with Crippen molar-refractivity contribution in [3.63, 3.8) is 0 Å². The number of nitrogens with zero attached hydrogens (tertiary/aromatic N) is 3. The van der Waals surface area contributed by atoms with E-state index in [4.69, 9.17) is 9.47 Å². The smallest absolute Gasteiger partial charge is 0.256 e. The van der Waals surface area contributed by atoms with E-state index < -0.39 is 5.60 Å². The van der Waals surface area contributed by atoms with E-state index in [0.29, 0.717) is 45.0 Å². The number of hydrogen-bond acceptors (Lipinski definition) is 5. The number of imidazole rings is 1. The molecule has 0 radical (unpaired) electrons. The third kappa shape index (κ3) is 3.42. The molecule has 2 fully saturated rings. The van der Waals surface area contributed by atoms with Gasteiger partial charge in [0.05, 0.1) is 37.4 Å². The predicted octanol–water partition coefficient (Wildman–Crippen LogP) is 0.961. The first-order chi connectivity index (χ1) is 13.0. The van der Waals surface area contributed by atoms with Gasteiger partial charge in [-0.1, -0.05) is 0 Å². The summed E-state index contributed by atoms with van der Waals surface area (Å²) in [5, 5.41) is 0. The Balaban J connectivity index is 1.52. The molecule has 2 saturated heterocycles. The first-order valence-electron chi connectivity index (χ1n) is 9.23. The second-order valence-electron chi connectivity index (χ2n) is 7.26. The third-order valence-electron chi connectivity index (χ3n) is 5.16. The lowest BCUT2D eigenvalue weighted by Gasteiger charge is -2.42. The van der Waals surface area contributed by atoms with Crippen molar-refractivity contribution in [3.05, 3.63) is 29.6 Å². The SMILES string of the molecule is Cc1nc2ccc(C(=O)N3CCO[C@@](C)(C(=O)N4CCOCC4)C3)cc2[nH]1. The maximum Gasteiger partial charge on any atom is 0.256 e. The second-order valence-corrected chi connectivity index (χ2v) is 7.26. The molecule has 1 N–H and O–H groups in total. The molecular weight excluding hydrogens is 348 g/mol. The molecule has 0 unspecified atom stereocenters. The molecule has 0 saturated carbocycles. The minimum absolute atomic E-state index is 0.0806. The van der Waals surface area contributed by atoms with E-state index in [9.17, 15) is 9.59 Å². The molecule has 3 heterocycles. The minimum atomic E-state index is -1.03. The summed E-state index contributed by atoms with van der Waals surface area (Å²) >= 11 is 0. The fourth-order valence-corrected chi connectivity index (χ4v) is 3.73. The number of nitrogens with one attached hydrogen (secondary N) is 1. The summed E-state index contributed by atoms with van der Waals surface area (Å²) < 4.78 is 11.1. The number of aromatic amines is 1. The van der Waals surface area contributed by atoms with Crippen LogP contribution in [-0.4, -0.2) is 83.2 Å². The number of H-pyrrole nitrogens is 1. The maximum atomic E-state index is 13.0. The van der Waals surface area contributed by atoms with Crippen molar-refractivity contribution in [2.24, 2.45) is 0 Å². The van der Waals surface area contributed by atoms with Gasteiger partial charge in [-0.2, -0.15) is 0 Å². The molecule has 1 atom stereocenters. The van der Waals surface area contributed by atoms with Crippen LogP contribution in [0.1, 0.15) is 23.1 Å². The molecular formula is C19H24N4O4. The van der Waals surface area contributed by atoms with Crippen molar-refractivity contribution < 1.29 is 19.1 Å². The molecule has 2 aromatic rings. The van der Waals surface area contributed by atoms with E-state index >= 15 is 0 Å².